The van der Waals surface area contributed by atoms with Gasteiger partial charge in [0.2, 0.25) is 15.9 Å². The van der Waals surface area contributed by atoms with Crippen LogP contribution < -0.4 is 15.4 Å². The zero-order chi connectivity index (χ0) is 26.5. The number of sulfonamides is 1. The molecular weight excluding hydrogens is 535 g/mol. The van der Waals surface area contributed by atoms with Crippen molar-refractivity contribution in [2.75, 3.05) is 4.90 Å². The number of primary sulfonamides is 1. The fourth-order valence-electron chi connectivity index (χ4n) is 4.86. The zero-order valence-electron chi connectivity index (χ0n) is 19.5. The van der Waals surface area contributed by atoms with Crippen molar-refractivity contribution in [1.82, 2.24) is 5.32 Å². The van der Waals surface area contributed by atoms with E-state index in [9.17, 15) is 23.3 Å². The van der Waals surface area contributed by atoms with Crippen LogP contribution in [0.5, 0.6) is 0 Å². The second-order valence-electron chi connectivity index (χ2n) is 9.25. The number of carbonyl (C=O) groups is 2. The van der Waals surface area contributed by atoms with Gasteiger partial charge >= 0.3 is 0 Å². The molecule has 0 aromatic heterocycles. The molecule has 1 unspecified atom stereocenters. The molecule has 11 heteroatoms. The van der Waals surface area contributed by atoms with E-state index in [4.69, 9.17) is 28.3 Å². The Kier molecular flexibility index (Phi) is 6.62. The Bertz CT molecular complexity index is 1540. The molecule has 1 aliphatic heterocycles. The number of nitrogens with two attached hydrogens (primary N) is 1. The summed E-state index contributed by atoms with van der Waals surface area (Å²) in [6.07, 6.45) is 2.89. The number of hydrogen-bond donors (Lipinski definition) is 2. The Labute approximate surface area is 224 Å². The molecule has 1 saturated carbocycles. The van der Waals surface area contributed by atoms with Crippen LogP contribution in [-0.4, -0.2) is 20.1 Å². The minimum absolute atomic E-state index is 0.0824. The van der Waals surface area contributed by atoms with Gasteiger partial charge in [0.05, 0.1) is 22.5 Å². The lowest BCUT2D eigenvalue weighted by Crippen LogP contribution is -2.43. The van der Waals surface area contributed by atoms with Crippen molar-refractivity contribution >= 4 is 50.6 Å². The van der Waals surface area contributed by atoms with E-state index in [2.05, 4.69) is 11.4 Å². The Morgan fingerprint density at radius 1 is 1.11 bits per heavy atom. The fraction of sp³-hybridized carbons (Fsp3) is 0.269. The molecule has 2 aromatic carbocycles. The Morgan fingerprint density at radius 2 is 1.81 bits per heavy atom. The van der Waals surface area contributed by atoms with Crippen molar-refractivity contribution in [3.05, 3.63) is 80.7 Å². The van der Waals surface area contributed by atoms with E-state index >= 15 is 0 Å². The topological polar surface area (TPSA) is 133 Å². The third-order valence-corrected chi connectivity index (χ3v) is 8.25. The van der Waals surface area contributed by atoms with E-state index < -0.39 is 15.9 Å². The molecule has 1 amide bonds. The second-order valence-corrected chi connectivity index (χ2v) is 11.7. The first-order chi connectivity index (χ1) is 17.6. The van der Waals surface area contributed by atoms with Crippen LogP contribution in [0.3, 0.4) is 0 Å². The van der Waals surface area contributed by atoms with Crippen LogP contribution in [0.15, 0.2) is 70.0 Å². The molecule has 1 atom stereocenters. The number of carbonyl (C=O) groups excluding carboxylic acids is 2. The lowest BCUT2D eigenvalue weighted by molar-refractivity contribution is -0.121. The average Bonchev–Trinajstić information content (AvgIpc) is 3.69. The first-order valence-corrected chi connectivity index (χ1v) is 14.0. The van der Waals surface area contributed by atoms with E-state index in [0.29, 0.717) is 51.8 Å². The minimum atomic E-state index is -3.93. The van der Waals surface area contributed by atoms with Crippen molar-refractivity contribution in [2.45, 2.75) is 42.9 Å². The van der Waals surface area contributed by atoms with E-state index in [1.807, 2.05) is 0 Å². The Hall–Kier alpha value is -3.16. The maximum atomic E-state index is 13.4. The van der Waals surface area contributed by atoms with Crippen molar-refractivity contribution in [1.29, 1.82) is 5.26 Å². The van der Waals surface area contributed by atoms with E-state index in [0.717, 1.165) is 12.8 Å². The number of rotatable bonds is 5. The maximum Gasteiger partial charge on any atom is 0.238 e. The summed E-state index contributed by atoms with van der Waals surface area (Å²) in [4.78, 5) is 28.0. The minimum Gasteiger partial charge on any atom is -0.311 e. The summed E-state index contributed by atoms with van der Waals surface area (Å²) in [7, 11) is -3.93. The molecule has 1 fully saturated rings. The largest absolute Gasteiger partial charge is 0.311 e. The van der Waals surface area contributed by atoms with Gasteiger partial charge in [-0.15, -0.1) is 0 Å². The highest BCUT2D eigenvalue weighted by molar-refractivity contribution is 7.89. The predicted molar refractivity (Wildman–Crippen MR) is 139 cm³/mol. The molecular formula is C26H22Cl2N4O4S. The number of nitrogens with zero attached hydrogens (tertiary/aromatic N) is 2. The third-order valence-electron chi connectivity index (χ3n) is 6.76. The molecule has 1 heterocycles. The van der Waals surface area contributed by atoms with Gasteiger partial charge in [0.1, 0.15) is 5.82 Å². The molecule has 0 spiro atoms. The van der Waals surface area contributed by atoms with Crippen LogP contribution in [0, 0.1) is 17.2 Å². The number of halogens is 2. The molecule has 3 N–H and O–H groups in total. The number of anilines is 1. The normalized spacial score (nSPS) is 20.0. The smallest absolute Gasteiger partial charge is 0.238 e. The van der Waals surface area contributed by atoms with Gasteiger partial charge in [-0.05, 0) is 67.6 Å². The summed E-state index contributed by atoms with van der Waals surface area (Å²) in [5, 5.41) is 19.3. The molecule has 0 radical (unpaired) electrons. The van der Waals surface area contributed by atoms with Gasteiger partial charge in [0.25, 0.3) is 0 Å². The Morgan fingerprint density at radius 3 is 2.41 bits per heavy atom. The Balaban J connectivity index is 1.76. The number of nitriles is 1. The monoisotopic (exact) mass is 556 g/mol. The number of nitrogens with one attached hydrogen (secondary N) is 1. The number of hydrogen-bond acceptors (Lipinski definition) is 6. The highest BCUT2D eigenvalue weighted by Crippen LogP contribution is 2.48. The SMILES string of the molecule is N#CC1=C(NC(=O)C2CC2)N(c2ccc(S(N)(=O)=O)cc2)C2=C(C(=O)CCC2)C1c1ccc(Cl)cc1Cl. The third kappa shape index (κ3) is 4.78. The zero-order valence-corrected chi connectivity index (χ0v) is 21.8. The van der Waals surface area contributed by atoms with Crippen LogP contribution in [0.2, 0.25) is 10.0 Å². The molecule has 2 aromatic rings. The lowest BCUT2D eigenvalue weighted by atomic mass is 9.75. The van der Waals surface area contributed by atoms with Crippen LogP contribution in [0.4, 0.5) is 5.69 Å². The van der Waals surface area contributed by atoms with Gasteiger partial charge < -0.3 is 5.32 Å². The highest BCUT2D eigenvalue weighted by atomic mass is 35.5. The first kappa shape index (κ1) is 25.5. The van der Waals surface area contributed by atoms with Gasteiger partial charge in [-0.2, -0.15) is 5.26 Å². The standard InChI is InChI=1S/C26H22Cl2N4O4S/c27-15-6-11-18(20(28)12-15)23-19(13-29)25(31-26(34)14-4-5-14)32(21-2-1-3-22(33)24(21)23)16-7-9-17(10-8-16)37(30,35)36/h6-12,14,23H,1-5H2,(H,31,34)(H2,30,35,36). The quantitative estimate of drug-likeness (QED) is 0.556. The predicted octanol–water partition coefficient (Wildman–Crippen LogP) is 4.51. The number of allylic oxidation sites excluding steroid dienone is 3. The van der Waals surface area contributed by atoms with E-state index in [1.165, 1.54) is 24.3 Å². The molecule has 0 bridgehead atoms. The van der Waals surface area contributed by atoms with Gasteiger partial charge in [0, 0.05) is 39.3 Å². The maximum absolute atomic E-state index is 13.4. The summed E-state index contributed by atoms with van der Waals surface area (Å²) < 4.78 is 23.6. The molecule has 2 aliphatic carbocycles. The second kappa shape index (κ2) is 9.62. The summed E-state index contributed by atoms with van der Waals surface area (Å²) >= 11 is 12.7. The van der Waals surface area contributed by atoms with Gasteiger partial charge in [0.15, 0.2) is 5.78 Å². The molecule has 8 nitrogen and oxygen atoms in total. The summed E-state index contributed by atoms with van der Waals surface area (Å²) in [6, 6.07) is 12.9. The van der Waals surface area contributed by atoms with Gasteiger partial charge in [-0.1, -0.05) is 29.3 Å². The van der Waals surface area contributed by atoms with Crippen molar-refractivity contribution in [3.63, 3.8) is 0 Å². The average molecular weight is 557 g/mol. The fourth-order valence-corrected chi connectivity index (χ4v) is 5.90. The van der Waals surface area contributed by atoms with Crippen molar-refractivity contribution < 1.29 is 18.0 Å². The van der Waals surface area contributed by atoms with Gasteiger partial charge in [-0.25, -0.2) is 13.6 Å². The summed E-state index contributed by atoms with van der Waals surface area (Å²) in [5.74, 6) is -1.07. The van der Waals surface area contributed by atoms with Crippen molar-refractivity contribution in [3.8, 4) is 6.07 Å². The molecule has 3 aliphatic rings. The van der Waals surface area contributed by atoms with Crippen LogP contribution in [0.25, 0.3) is 0 Å². The van der Waals surface area contributed by atoms with Gasteiger partial charge in [-0.3, -0.25) is 14.5 Å². The number of ketones is 1. The molecule has 37 heavy (non-hydrogen) atoms. The summed E-state index contributed by atoms with van der Waals surface area (Å²) in [6.45, 7) is 0. The van der Waals surface area contributed by atoms with Crippen molar-refractivity contribution in [2.24, 2.45) is 11.1 Å². The van der Waals surface area contributed by atoms with Crippen LogP contribution in [0.1, 0.15) is 43.6 Å². The van der Waals surface area contributed by atoms with E-state index in [-0.39, 0.29) is 33.9 Å². The number of Topliss-reactive ketones (excluding diaryl/α,β-unsaturated/α-hetero) is 1. The summed E-state index contributed by atoms with van der Waals surface area (Å²) in [5.41, 5.74) is 2.22. The highest BCUT2D eigenvalue weighted by Gasteiger charge is 2.43. The van der Waals surface area contributed by atoms with Crippen LogP contribution >= 0.6 is 23.2 Å². The molecule has 190 valence electrons. The molecule has 5 rings (SSSR count). The first-order valence-electron chi connectivity index (χ1n) is 11.7. The number of amides is 1. The molecule has 0 saturated heterocycles. The van der Waals surface area contributed by atoms with Crippen LogP contribution in [-0.2, 0) is 19.6 Å². The lowest BCUT2D eigenvalue weighted by Gasteiger charge is -2.41. The number of benzene rings is 2. The van der Waals surface area contributed by atoms with E-state index in [1.54, 1.807) is 23.1 Å².